The smallest absolute Gasteiger partial charge is 0.222 e. The Kier molecular flexibility index (Phi) is 5.28. The third-order valence-corrected chi connectivity index (χ3v) is 2.90. The molecule has 1 aromatic carbocycles. The predicted octanol–water partition coefficient (Wildman–Crippen LogP) is 2.28. The Morgan fingerprint density at radius 2 is 2.18 bits per heavy atom. The summed E-state index contributed by atoms with van der Waals surface area (Å²) in [6.45, 7) is 0.502. The van der Waals surface area contributed by atoms with Gasteiger partial charge in [-0.3, -0.25) is 4.79 Å². The summed E-state index contributed by atoms with van der Waals surface area (Å²) in [5, 5.41) is 0. The highest BCUT2D eigenvalue weighted by Gasteiger charge is 2.05. The minimum atomic E-state index is 0.111. The van der Waals surface area contributed by atoms with Crippen LogP contribution in [0.1, 0.15) is 12.8 Å². The number of ether oxygens (including phenoxy) is 1. The van der Waals surface area contributed by atoms with Crippen LogP contribution in [0.4, 0.5) is 5.69 Å². The summed E-state index contributed by atoms with van der Waals surface area (Å²) in [5.41, 5.74) is 6.32. The molecule has 17 heavy (non-hydrogen) atoms. The topological polar surface area (TPSA) is 55.6 Å². The molecule has 0 saturated heterocycles. The fourth-order valence-corrected chi connectivity index (χ4v) is 1.62. The average Bonchev–Trinajstić information content (AvgIpc) is 2.28. The van der Waals surface area contributed by atoms with Crippen LogP contribution in [0.2, 0.25) is 0 Å². The number of amides is 1. The largest absolute Gasteiger partial charge is 0.492 e. The lowest BCUT2D eigenvalue weighted by molar-refractivity contribution is -0.128. The molecule has 0 aromatic heterocycles. The number of rotatable bonds is 5. The highest BCUT2D eigenvalue weighted by atomic mass is 79.9. The molecule has 0 atom stereocenters. The first-order chi connectivity index (χ1) is 8.00. The maximum Gasteiger partial charge on any atom is 0.222 e. The van der Waals surface area contributed by atoms with Crippen LogP contribution in [0.5, 0.6) is 5.75 Å². The van der Waals surface area contributed by atoms with Crippen LogP contribution in [0.25, 0.3) is 0 Å². The SMILES string of the molecule is CN(C)C(=O)CCCOc1cc(N)ccc1Br. The van der Waals surface area contributed by atoms with Crippen LogP contribution < -0.4 is 10.5 Å². The number of hydrogen-bond acceptors (Lipinski definition) is 3. The van der Waals surface area contributed by atoms with Crippen molar-refractivity contribution >= 4 is 27.5 Å². The van der Waals surface area contributed by atoms with Crippen molar-refractivity contribution in [3.05, 3.63) is 22.7 Å². The number of benzene rings is 1. The predicted molar refractivity (Wildman–Crippen MR) is 72.0 cm³/mol. The van der Waals surface area contributed by atoms with Gasteiger partial charge in [-0.05, 0) is 34.5 Å². The molecule has 0 unspecified atom stereocenters. The molecule has 0 aliphatic heterocycles. The zero-order chi connectivity index (χ0) is 12.8. The monoisotopic (exact) mass is 300 g/mol. The molecule has 0 aliphatic carbocycles. The molecule has 94 valence electrons. The lowest BCUT2D eigenvalue weighted by Crippen LogP contribution is -2.21. The Hall–Kier alpha value is -1.23. The Bertz CT molecular complexity index is 394. The van der Waals surface area contributed by atoms with Crippen LogP contribution >= 0.6 is 15.9 Å². The van der Waals surface area contributed by atoms with E-state index >= 15 is 0 Å². The first-order valence-corrected chi connectivity index (χ1v) is 6.18. The van der Waals surface area contributed by atoms with Crippen molar-refractivity contribution in [2.45, 2.75) is 12.8 Å². The fraction of sp³-hybridized carbons (Fsp3) is 0.417. The van der Waals surface area contributed by atoms with E-state index in [9.17, 15) is 4.79 Å². The minimum absolute atomic E-state index is 0.111. The molecule has 1 aromatic rings. The van der Waals surface area contributed by atoms with Gasteiger partial charge in [0, 0.05) is 32.3 Å². The minimum Gasteiger partial charge on any atom is -0.492 e. The number of carbonyl (C=O) groups excluding carboxylic acids is 1. The molecular weight excluding hydrogens is 284 g/mol. The van der Waals surface area contributed by atoms with Crippen LogP contribution in [0.3, 0.4) is 0 Å². The van der Waals surface area contributed by atoms with Gasteiger partial charge in [0.05, 0.1) is 11.1 Å². The van der Waals surface area contributed by atoms with Crippen LogP contribution in [0, 0.1) is 0 Å². The lowest BCUT2D eigenvalue weighted by Gasteiger charge is -2.11. The van der Waals surface area contributed by atoms with Crippen molar-refractivity contribution in [1.29, 1.82) is 0 Å². The van der Waals surface area contributed by atoms with Gasteiger partial charge in [-0.15, -0.1) is 0 Å². The molecule has 0 aliphatic rings. The standard InChI is InChI=1S/C12H17BrN2O2/c1-15(2)12(16)4-3-7-17-11-8-9(14)5-6-10(11)13/h5-6,8H,3-4,7,14H2,1-2H3. The van der Waals surface area contributed by atoms with Gasteiger partial charge < -0.3 is 15.4 Å². The van der Waals surface area contributed by atoms with Crippen molar-refractivity contribution in [2.75, 3.05) is 26.4 Å². The molecule has 0 heterocycles. The summed E-state index contributed by atoms with van der Waals surface area (Å²) in [7, 11) is 3.50. The van der Waals surface area contributed by atoms with Gasteiger partial charge in [-0.2, -0.15) is 0 Å². The van der Waals surface area contributed by atoms with Gasteiger partial charge in [0.25, 0.3) is 0 Å². The molecule has 0 fully saturated rings. The van der Waals surface area contributed by atoms with E-state index in [1.807, 2.05) is 6.07 Å². The Labute approximate surface area is 110 Å². The van der Waals surface area contributed by atoms with E-state index in [4.69, 9.17) is 10.5 Å². The normalized spacial score (nSPS) is 10.1. The Balaban J connectivity index is 2.36. The molecule has 0 spiro atoms. The summed E-state index contributed by atoms with van der Waals surface area (Å²) in [6, 6.07) is 5.40. The first kappa shape index (κ1) is 13.8. The number of anilines is 1. The number of carbonyl (C=O) groups is 1. The van der Waals surface area contributed by atoms with E-state index in [1.165, 1.54) is 0 Å². The summed E-state index contributed by atoms with van der Waals surface area (Å²) in [5.74, 6) is 0.822. The Morgan fingerprint density at radius 1 is 1.47 bits per heavy atom. The molecule has 5 heteroatoms. The van der Waals surface area contributed by atoms with Gasteiger partial charge in [0.1, 0.15) is 5.75 Å². The highest BCUT2D eigenvalue weighted by Crippen LogP contribution is 2.27. The third kappa shape index (κ3) is 4.65. The van der Waals surface area contributed by atoms with Crippen molar-refractivity contribution in [1.82, 2.24) is 4.90 Å². The van der Waals surface area contributed by atoms with E-state index in [0.29, 0.717) is 30.9 Å². The summed E-state index contributed by atoms with van der Waals surface area (Å²) >= 11 is 3.38. The maximum absolute atomic E-state index is 11.3. The first-order valence-electron chi connectivity index (χ1n) is 5.38. The molecule has 4 nitrogen and oxygen atoms in total. The number of halogens is 1. The van der Waals surface area contributed by atoms with Crippen molar-refractivity contribution in [3.8, 4) is 5.75 Å². The summed E-state index contributed by atoms with van der Waals surface area (Å²) in [6.07, 6.45) is 1.19. The van der Waals surface area contributed by atoms with Crippen LogP contribution in [-0.4, -0.2) is 31.5 Å². The zero-order valence-electron chi connectivity index (χ0n) is 10.1. The second-order valence-electron chi connectivity index (χ2n) is 3.93. The van der Waals surface area contributed by atoms with Crippen molar-refractivity contribution in [3.63, 3.8) is 0 Å². The number of nitrogens with two attached hydrogens (primary N) is 1. The van der Waals surface area contributed by atoms with Gasteiger partial charge in [0.2, 0.25) is 5.91 Å². The van der Waals surface area contributed by atoms with E-state index in [-0.39, 0.29) is 5.91 Å². The second-order valence-corrected chi connectivity index (χ2v) is 4.78. The molecule has 1 rings (SSSR count). The second kappa shape index (κ2) is 6.49. The molecule has 0 radical (unpaired) electrons. The maximum atomic E-state index is 11.3. The van der Waals surface area contributed by atoms with E-state index in [2.05, 4.69) is 15.9 Å². The average molecular weight is 301 g/mol. The van der Waals surface area contributed by atoms with Crippen LogP contribution in [0.15, 0.2) is 22.7 Å². The van der Waals surface area contributed by atoms with E-state index < -0.39 is 0 Å². The molecule has 0 saturated carbocycles. The van der Waals surface area contributed by atoms with Gasteiger partial charge >= 0.3 is 0 Å². The van der Waals surface area contributed by atoms with E-state index in [1.54, 1.807) is 31.1 Å². The van der Waals surface area contributed by atoms with E-state index in [0.717, 1.165) is 4.47 Å². The number of nitrogens with zero attached hydrogens (tertiary/aromatic N) is 1. The quantitative estimate of drug-likeness (QED) is 0.670. The fourth-order valence-electron chi connectivity index (χ4n) is 1.26. The highest BCUT2D eigenvalue weighted by molar-refractivity contribution is 9.10. The zero-order valence-corrected chi connectivity index (χ0v) is 11.7. The Morgan fingerprint density at radius 3 is 2.82 bits per heavy atom. The van der Waals surface area contributed by atoms with Crippen LogP contribution in [-0.2, 0) is 4.79 Å². The van der Waals surface area contributed by atoms with Gasteiger partial charge in [-0.25, -0.2) is 0 Å². The molecular formula is C12H17BrN2O2. The molecule has 2 N–H and O–H groups in total. The van der Waals surface area contributed by atoms with Crippen molar-refractivity contribution < 1.29 is 9.53 Å². The molecule has 0 bridgehead atoms. The summed E-state index contributed by atoms with van der Waals surface area (Å²) < 4.78 is 6.42. The third-order valence-electron chi connectivity index (χ3n) is 2.25. The summed E-state index contributed by atoms with van der Waals surface area (Å²) in [4.78, 5) is 12.9. The molecule has 1 amide bonds. The number of nitrogen functional groups attached to an aromatic ring is 1. The van der Waals surface area contributed by atoms with Gasteiger partial charge in [0.15, 0.2) is 0 Å². The van der Waals surface area contributed by atoms with Gasteiger partial charge in [-0.1, -0.05) is 0 Å². The van der Waals surface area contributed by atoms with Crippen molar-refractivity contribution in [2.24, 2.45) is 0 Å². The number of hydrogen-bond donors (Lipinski definition) is 1. The lowest BCUT2D eigenvalue weighted by atomic mass is 10.3.